The average molecular weight is 327 g/mol. The highest BCUT2D eigenvalue weighted by molar-refractivity contribution is 5.87. The van der Waals surface area contributed by atoms with Crippen LogP contribution in [0.3, 0.4) is 0 Å². The fourth-order valence-corrected chi connectivity index (χ4v) is 1.94. The van der Waals surface area contributed by atoms with Crippen LogP contribution in [-0.2, 0) is 6.18 Å². The Bertz CT molecular complexity index is 764. The van der Waals surface area contributed by atoms with E-state index in [0.717, 1.165) is 28.8 Å². The Kier molecular flexibility index (Phi) is 5.73. The second-order valence-electron chi connectivity index (χ2n) is 4.38. The van der Waals surface area contributed by atoms with Gasteiger partial charge in [0.1, 0.15) is 5.56 Å². The summed E-state index contributed by atoms with van der Waals surface area (Å²) in [6, 6.07) is 6.66. The number of aryl methyl sites for hydroxylation is 1. The van der Waals surface area contributed by atoms with E-state index in [0.29, 0.717) is 5.69 Å². The number of alkyl halides is 3. The van der Waals surface area contributed by atoms with E-state index in [2.05, 4.69) is 0 Å². The van der Waals surface area contributed by atoms with Crippen molar-refractivity contribution < 1.29 is 23.1 Å². The molecule has 0 spiro atoms. The van der Waals surface area contributed by atoms with Crippen molar-refractivity contribution in [2.75, 3.05) is 0 Å². The van der Waals surface area contributed by atoms with Gasteiger partial charge in [-0.1, -0.05) is 19.9 Å². The van der Waals surface area contributed by atoms with Crippen LogP contribution in [0.2, 0.25) is 0 Å². The van der Waals surface area contributed by atoms with Crippen molar-refractivity contribution in [2.24, 2.45) is 0 Å². The number of carbonyl (C=O) groups is 1. The molecule has 1 aromatic heterocycles. The van der Waals surface area contributed by atoms with Gasteiger partial charge in [-0.05, 0) is 37.3 Å². The Labute approximate surface area is 130 Å². The molecule has 0 aliphatic rings. The topological polar surface area (TPSA) is 59.3 Å². The summed E-state index contributed by atoms with van der Waals surface area (Å²) in [5, 5.41) is 8.92. The molecular formula is C16H16F3NO3. The molecule has 124 valence electrons. The molecule has 4 nitrogen and oxygen atoms in total. The second kappa shape index (κ2) is 7.13. The van der Waals surface area contributed by atoms with Crippen LogP contribution in [0, 0.1) is 6.92 Å². The molecule has 0 amide bonds. The summed E-state index contributed by atoms with van der Waals surface area (Å²) in [4.78, 5) is 23.0. The lowest BCUT2D eigenvalue weighted by atomic mass is 10.1. The maximum Gasteiger partial charge on any atom is 0.416 e. The number of halogens is 3. The molecule has 0 fully saturated rings. The first-order valence-electron chi connectivity index (χ1n) is 6.85. The number of pyridine rings is 1. The van der Waals surface area contributed by atoms with Crippen molar-refractivity contribution in [2.45, 2.75) is 26.9 Å². The number of hydrogen-bond donors (Lipinski definition) is 1. The van der Waals surface area contributed by atoms with Gasteiger partial charge < -0.3 is 5.11 Å². The van der Waals surface area contributed by atoms with Gasteiger partial charge in [-0.2, -0.15) is 13.2 Å². The predicted molar refractivity (Wildman–Crippen MR) is 80.1 cm³/mol. The molecule has 0 unspecified atom stereocenters. The molecule has 0 bridgehead atoms. The Morgan fingerprint density at radius 3 is 2.26 bits per heavy atom. The first-order chi connectivity index (χ1) is 10.7. The summed E-state index contributed by atoms with van der Waals surface area (Å²) in [6.45, 7) is 5.51. The summed E-state index contributed by atoms with van der Waals surface area (Å²) in [5.74, 6) is -1.43. The molecule has 7 heteroatoms. The number of benzene rings is 1. The molecule has 0 aliphatic carbocycles. The van der Waals surface area contributed by atoms with E-state index in [4.69, 9.17) is 5.11 Å². The average Bonchev–Trinajstić information content (AvgIpc) is 2.48. The quantitative estimate of drug-likeness (QED) is 0.910. The van der Waals surface area contributed by atoms with Crippen LogP contribution in [0.5, 0.6) is 0 Å². The van der Waals surface area contributed by atoms with Crippen LogP contribution in [-0.4, -0.2) is 15.6 Å². The lowest BCUT2D eigenvalue weighted by molar-refractivity contribution is -0.137. The molecule has 0 atom stereocenters. The lowest BCUT2D eigenvalue weighted by Gasteiger charge is -2.13. The zero-order valence-electron chi connectivity index (χ0n) is 12.8. The standard InChI is InChI=1S/C14H10F3NO3.C2H6/c1-8-5-6-11(13(20)21)12(19)18(8)10-4-2-3-9(7-10)14(15,16)17;1-2/h2-7H,1H3,(H,20,21);1-2H3. The fraction of sp³-hybridized carbons (Fsp3) is 0.250. The Morgan fingerprint density at radius 1 is 1.13 bits per heavy atom. The number of rotatable bonds is 2. The highest BCUT2D eigenvalue weighted by Gasteiger charge is 2.30. The predicted octanol–water partition coefficient (Wildman–Crippen LogP) is 3.89. The number of aromatic nitrogens is 1. The third-order valence-corrected chi connectivity index (χ3v) is 2.94. The minimum absolute atomic E-state index is 0.0320. The number of hydrogen-bond acceptors (Lipinski definition) is 2. The maximum atomic E-state index is 12.7. The van der Waals surface area contributed by atoms with E-state index in [9.17, 15) is 22.8 Å². The normalized spacial score (nSPS) is 10.7. The van der Waals surface area contributed by atoms with Crippen LogP contribution in [0.25, 0.3) is 5.69 Å². The third kappa shape index (κ3) is 4.00. The molecule has 2 rings (SSSR count). The second-order valence-corrected chi connectivity index (χ2v) is 4.38. The summed E-state index contributed by atoms with van der Waals surface area (Å²) in [5.41, 5.74) is -1.98. The first kappa shape index (κ1) is 18.5. The van der Waals surface area contributed by atoms with Crippen LogP contribution in [0.15, 0.2) is 41.2 Å². The lowest BCUT2D eigenvalue weighted by Crippen LogP contribution is -2.26. The minimum atomic E-state index is -4.54. The van der Waals surface area contributed by atoms with E-state index in [-0.39, 0.29) is 5.69 Å². The third-order valence-electron chi connectivity index (χ3n) is 2.94. The SMILES string of the molecule is CC.Cc1ccc(C(=O)O)c(=O)n1-c1cccc(C(F)(F)F)c1. The van der Waals surface area contributed by atoms with Gasteiger partial charge in [0.05, 0.1) is 5.56 Å². The Balaban J connectivity index is 0.00000127. The molecular weight excluding hydrogens is 311 g/mol. The van der Waals surface area contributed by atoms with Crippen molar-refractivity contribution in [3.63, 3.8) is 0 Å². The van der Waals surface area contributed by atoms with Crippen molar-refractivity contribution in [1.29, 1.82) is 0 Å². The van der Waals surface area contributed by atoms with Crippen molar-refractivity contribution >= 4 is 5.97 Å². The van der Waals surface area contributed by atoms with Crippen molar-refractivity contribution in [3.8, 4) is 5.69 Å². The first-order valence-corrected chi connectivity index (χ1v) is 6.85. The zero-order valence-corrected chi connectivity index (χ0v) is 12.8. The number of carboxylic acid groups (broad SMARTS) is 1. The molecule has 1 heterocycles. The van der Waals surface area contributed by atoms with Gasteiger partial charge in [-0.15, -0.1) is 0 Å². The Morgan fingerprint density at radius 2 is 1.74 bits per heavy atom. The van der Waals surface area contributed by atoms with Gasteiger partial charge in [0.2, 0.25) is 0 Å². The Hall–Kier alpha value is -2.57. The smallest absolute Gasteiger partial charge is 0.416 e. The highest BCUT2D eigenvalue weighted by atomic mass is 19.4. The molecule has 0 aliphatic heterocycles. The molecule has 23 heavy (non-hydrogen) atoms. The summed E-state index contributed by atoms with van der Waals surface area (Å²) < 4.78 is 39.1. The summed E-state index contributed by atoms with van der Waals surface area (Å²) in [6.07, 6.45) is -4.54. The van der Waals surface area contributed by atoms with Crippen LogP contribution in [0.4, 0.5) is 13.2 Å². The molecule has 0 saturated heterocycles. The van der Waals surface area contributed by atoms with Gasteiger partial charge in [-0.25, -0.2) is 4.79 Å². The van der Waals surface area contributed by atoms with E-state index in [1.807, 2.05) is 13.8 Å². The van der Waals surface area contributed by atoms with E-state index in [1.54, 1.807) is 0 Å². The number of carboxylic acids is 1. The molecule has 0 saturated carbocycles. The van der Waals surface area contributed by atoms with Gasteiger partial charge in [-0.3, -0.25) is 9.36 Å². The monoisotopic (exact) mass is 327 g/mol. The van der Waals surface area contributed by atoms with Crippen LogP contribution >= 0.6 is 0 Å². The minimum Gasteiger partial charge on any atom is -0.477 e. The van der Waals surface area contributed by atoms with Crippen LogP contribution < -0.4 is 5.56 Å². The number of nitrogens with zero attached hydrogens (tertiary/aromatic N) is 1. The van der Waals surface area contributed by atoms with Gasteiger partial charge in [0.15, 0.2) is 0 Å². The van der Waals surface area contributed by atoms with Crippen LogP contribution in [0.1, 0.15) is 35.5 Å². The van der Waals surface area contributed by atoms with E-state index < -0.39 is 28.8 Å². The molecule has 1 aromatic carbocycles. The zero-order chi connectivity index (χ0) is 17.8. The summed E-state index contributed by atoms with van der Waals surface area (Å²) >= 11 is 0. The molecule has 1 N–H and O–H groups in total. The van der Waals surface area contributed by atoms with Gasteiger partial charge in [0, 0.05) is 11.4 Å². The van der Waals surface area contributed by atoms with Crippen molar-refractivity contribution in [3.05, 3.63) is 63.6 Å². The van der Waals surface area contributed by atoms with Gasteiger partial charge >= 0.3 is 12.1 Å². The number of aromatic carboxylic acids is 1. The highest BCUT2D eigenvalue weighted by Crippen LogP contribution is 2.30. The fourth-order valence-electron chi connectivity index (χ4n) is 1.94. The van der Waals surface area contributed by atoms with E-state index >= 15 is 0 Å². The van der Waals surface area contributed by atoms with E-state index in [1.165, 1.54) is 19.1 Å². The van der Waals surface area contributed by atoms with Gasteiger partial charge in [0.25, 0.3) is 5.56 Å². The van der Waals surface area contributed by atoms with Crippen molar-refractivity contribution in [1.82, 2.24) is 4.57 Å². The molecule has 0 radical (unpaired) electrons. The molecule has 2 aromatic rings. The summed E-state index contributed by atoms with van der Waals surface area (Å²) in [7, 11) is 0. The largest absolute Gasteiger partial charge is 0.477 e. The maximum absolute atomic E-state index is 12.7.